The highest BCUT2D eigenvalue weighted by Gasteiger charge is 2.12. The lowest BCUT2D eigenvalue weighted by atomic mass is 10.0. The van der Waals surface area contributed by atoms with Crippen LogP contribution in [-0.2, 0) is 0 Å². The average Bonchev–Trinajstić information content (AvgIpc) is 3.36. The highest BCUT2D eigenvalue weighted by atomic mass is 16.5. The molecule has 0 bridgehead atoms. The number of hydrogen-bond acceptors (Lipinski definition) is 4. The van der Waals surface area contributed by atoms with Crippen LogP contribution in [0, 0.1) is 5.92 Å². The molecule has 150 valence electrons. The first-order valence-corrected chi connectivity index (χ1v) is 10.0. The number of nitrogens with zero attached hydrogens (tertiary/aromatic N) is 2. The Morgan fingerprint density at radius 3 is 2.77 bits per heavy atom. The molecule has 30 heavy (non-hydrogen) atoms. The summed E-state index contributed by atoms with van der Waals surface area (Å²) in [6.07, 6.45) is 1.82. The van der Waals surface area contributed by atoms with Gasteiger partial charge in [-0.15, -0.1) is 0 Å². The Labute approximate surface area is 174 Å². The normalized spacial score (nSPS) is 11.6. The third-order valence-corrected chi connectivity index (χ3v) is 5.16. The summed E-state index contributed by atoms with van der Waals surface area (Å²) in [4.78, 5) is 7.98. The maximum absolute atomic E-state index is 6.00. The lowest BCUT2D eigenvalue weighted by molar-refractivity contribution is 0.271. The Balaban J connectivity index is 1.57. The monoisotopic (exact) mass is 397 g/mol. The molecule has 5 rings (SSSR count). The second-order valence-corrected chi connectivity index (χ2v) is 7.91. The molecule has 0 aliphatic carbocycles. The van der Waals surface area contributed by atoms with Crippen molar-refractivity contribution in [1.82, 2.24) is 20.2 Å². The predicted octanol–water partition coefficient (Wildman–Crippen LogP) is 5.39. The van der Waals surface area contributed by atoms with Crippen LogP contribution in [0.2, 0.25) is 0 Å². The Hall–Kier alpha value is -3.80. The number of fused-ring (bicyclic) bond motifs is 2. The topological polar surface area (TPSA) is 92.6 Å². The number of aromatic nitrogens is 4. The summed E-state index contributed by atoms with van der Waals surface area (Å²) in [6, 6.07) is 18.4. The molecule has 6 nitrogen and oxygen atoms in total. The van der Waals surface area contributed by atoms with E-state index in [9.17, 15) is 0 Å². The molecule has 4 N–H and O–H groups in total. The number of nitrogens with one attached hydrogen (secondary N) is 2. The molecule has 0 saturated heterocycles. The summed E-state index contributed by atoms with van der Waals surface area (Å²) in [5.41, 5.74) is 12.0. The van der Waals surface area contributed by atoms with E-state index in [0.29, 0.717) is 18.3 Å². The molecular weight excluding hydrogens is 374 g/mol. The van der Waals surface area contributed by atoms with Crippen LogP contribution in [0.1, 0.15) is 13.8 Å². The van der Waals surface area contributed by atoms with Crippen molar-refractivity contribution in [2.24, 2.45) is 5.92 Å². The van der Waals surface area contributed by atoms with Crippen molar-refractivity contribution >= 4 is 27.8 Å². The Morgan fingerprint density at radius 1 is 1.00 bits per heavy atom. The summed E-state index contributed by atoms with van der Waals surface area (Å²) in [6.45, 7) is 4.98. The van der Waals surface area contributed by atoms with Gasteiger partial charge in [-0.1, -0.05) is 32.0 Å². The summed E-state index contributed by atoms with van der Waals surface area (Å²) in [5.74, 6) is 1.86. The van der Waals surface area contributed by atoms with Crippen LogP contribution < -0.4 is 10.5 Å². The number of ether oxygens (including phenoxy) is 1. The molecule has 5 aromatic rings. The van der Waals surface area contributed by atoms with Crippen molar-refractivity contribution in [2.45, 2.75) is 13.8 Å². The molecule has 6 heteroatoms. The number of benzene rings is 2. The minimum Gasteiger partial charge on any atom is -0.493 e. The molecule has 0 atom stereocenters. The Morgan fingerprint density at radius 2 is 1.90 bits per heavy atom. The van der Waals surface area contributed by atoms with Crippen LogP contribution in [0.4, 0.5) is 5.82 Å². The smallest absolute Gasteiger partial charge is 0.153 e. The van der Waals surface area contributed by atoms with E-state index in [4.69, 9.17) is 10.5 Å². The van der Waals surface area contributed by atoms with Crippen molar-refractivity contribution in [2.75, 3.05) is 12.3 Å². The lowest BCUT2D eigenvalue weighted by Crippen LogP contribution is -2.04. The van der Waals surface area contributed by atoms with Gasteiger partial charge in [0.2, 0.25) is 0 Å². The maximum atomic E-state index is 6.00. The predicted molar refractivity (Wildman–Crippen MR) is 121 cm³/mol. The van der Waals surface area contributed by atoms with Gasteiger partial charge < -0.3 is 15.5 Å². The van der Waals surface area contributed by atoms with Gasteiger partial charge in [0.25, 0.3) is 0 Å². The van der Waals surface area contributed by atoms with Gasteiger partial charge in [-0.3, -0.25) is 5.10 Å². The van der Waals surface area contributed by atoms with Gasteiger partial charge in [0.05, 0.1) is 12.1 Å². The van der Waals surface area contributed by atoms with Crippen LogP contribution in [0.15, 0.2) is 60.8 Å². The molecule has 0 saturated carbocycles. The molecule has 3 heterocycles. The fourth-order valence-corrected chi connectivity index (χ4v) is 3.65. The molecule has 0 unspecified atom stereocenters. The third kappa shape index (κ3) is 3.26. The van der Waals surface area contributed by atoms with Gasteiger partial charge in [-0.2, -0.15) is 5.10 Å². The molecule has 0 spiro atoms. The number of anilines is 1. The summed E-state index contributed by atoms with van der Waals surface area (Å²) in [5, 5.41) is 9.02. The number of nitrogen functional groups attached to an aromatic ring is 1. The fourth-order valence-electron chi connectivity index (χ4n) is 3.65. The second-order valence-electron chi connectivity index (χ2n) is 7.91. The van der Waals surface area contributed by atoms with E-state index >= 15 is 0 Å². The van der Waals surface area contributed by atoms with E-state index < -0.39 is 0 Å². The van der Waals surface area contributed by atoms with Gasteiger partial charge in [0.1, 0.15) is 11.4 Å². The zero-order valence-electron chi connectivity index (χ0n) is 16.9. The number of rotatable bonds is 5. The maximum Gasteiger partial charge on any atom is 0.153 e. The molecule has 3 aromatic heterocycles. The van der Waals surface area contributed by atoms with Gasteiger partial charge in [-0.25, -0.2) is 4.98 Å². The van der Waals surface area contributed by atoms with Crippen LogP contribution >= 0.6 is 0 Å². The van der Waals surface area contributed by atoms with Gasteiger partial charge >= 0.3 is 0 Å². The molecule has 2 aromatic carbocycles. The number of hydrogen-bond donors (Lipinski definition) is 3. The van der Waals surface area contributed by atoms with E-state index in [1.54, 1.807) is 0 Å². The minimum absolute atomic E-state index is 0.482. The van der Waals surface area contributed by atoms with Gasteiger partial charge in [0, 0.05) is 28.2 Å². The summed E-state index contributed by atoms with van der Waals surface area (Å²) in [7, 11) is 0. The Bertz CT molecular complexity index is 1350. The van der Waals surface area contributed by atoms with Crippen LogP contribution in [-0.4, -0.2) is 26.8 Å². The van der Waals surface area contributed by atoms with Crippen LogP contribution in [0.25, 0.3) is 44.3 Å². The van der Waals surface area contributed by atoms with Gasteiger partial charge in [-0.05, 0) is 53.4 Å². The summed E-state index contributed by atoms with van der Waals surface area (Å²) >= 11 is 0. The standard InChI is InChI=1S/C24H23N5O/c1-14(2)13-30-17-5-3-4-16(10-17)22-12-19-18(8-9-26-24(19)27-22)15-6-7-21-20(11-15)23(25)29-28-21/h3-12,14H,13H2,1-2H3,(H,26,27)(H3,25,28,29). The average molecular weight is 397 g/mol. The summed E-state index contributed by atoms with van der Waals surface area (Å²) < 4.78 is 5.89. The van der Waals surface area contributed by atoms with Crippen molar-refractivity contribution in [3.05, 3.63) is 60.8 Å². The zero-order valence-corrected chi connectivity index (χ0v) is 16.9. The quantitative estimate of drug-likeness (QED) is 0.371. The van der Waals surface area contributed by atoms with Crippen molar-refractivity contribution in [3.63, 3.8) is 0 Å². The molecule has 0 radical (unpaired) electrons. The first kappa shape index (κ1) is 18.2. The third-order valence-electron chi connectivity index (χ3n) is 5.16. The first-order chi connectivity index (χ1) is 14.6. The molecule has 0 amide bonds. The molecule has 0 fully saturated rings. The molecule has 0 aliphatic heterocycles. The highest BCUT2D eigenvalue weighted by Crippen LogP contribution is 2.34. The van der Waals surface area contributed by atoms with E-state index in [1.165, 1.54) is 0 Å². The van der Waals surface area contributed by atoms with Crippen LogP contribution in [0.5, 0.6) is 5.75 Å². The number of H-pyrrole nitrogens is 2. The number of aromatic amines is 2. The number of nitrogens with two attached hydrogens (primary N) is 1. The SMILES string of the molecule is CC(C)COc1cccc(-c2cc3c(-c4ccc5[nH]nc(N)c5c4)ccnc3[nH]2)c1. The molecule has 0 aliphatic rings. The first-order valence-electron chi connectivity index (χ1n) is 10.0. The van der Waals surface area contributed by atoms with Crippen LogP contribution in [0.3, 0.4) is 0 Å². The molecular formula is C24H23N5O. The van der Waals surface area contributed by atoms with E-state index in [-0.39, 0.29) is 0 Å². The fraction of sp³-hybridized carbons (Fsp3) is 0.167. The highest BCUT2D eigenvalue weighted by molar-refractivity contribution is 5.99. The lowest BCUT2D eigenvalue weighted by Gasteiger charge is -2.09. The Kier molecular flexibility index (Phi) is 4.39. The van der Waals surface area contributed by atoms with E-state index in [1.807, 2.05) is 30.5 Å². The van der Waals surface area contributed by atoms with E-state index in [0.717, 1.165) is 50.1 Å². The zero-order chi connectivity index (χ0) is 20.7. The van der Waals surface area contributed by atoms with Crippen molar-refractivity contribution in [3.8, 4) is 28.1 Å². The van der Waals surface area contributed by atoms with Gasteiger partial charge in [0.15, 0.2) is 5.82 Å². The minimum atomic E-state index is 0.482. The largest absolute Gasteiger partial charge is 0.493 e. The van der Waals surface area contributed by atoms with Crippen molar-refractivity contribution < 1.29 is 4.74 Å². The number of pyridine rings is 1. The second kappa shape index (κ2) is 7.22. The van der Waals surface area contributed by atoms with E-state index in [2.05, 4.69) is 64.3 Å². The van der Waals surface area contributed by atoms with Crippen molar-refractivity contribution in [1.29, 1.82) is 0 Å².